The van der Waals surface area contributed by atoms with Crippen LogP contribution in [0.4, 0.5) is 0 Å². The molecule has 0 aromatic heterocycles. The lowest BCUT2D eigenvalue weighted by Gasteiger charge is -2.18. The van der Waals surface area contributed by atoms with Crippen molar-refractivity contribution in [3.8, 4) is 11.5 Å². The normalized spacial score (nSPS) is 18.5. The van der Waals surface area contributed by atoms with Crippen LogP contribution in [0.25, 0.3) is 0 Å². The number of ether oxygens (including phenoxy) is 2. The van der Waals surface area contributed by atoms with E-state index in [4.69, 9.17) is 9.47 Å². The Morgan fingerprint density at radius 1 is 1.33 bits per heavy atom. The number of benzene rings is 1. The third kappa shape index (κ3) is 2.61. The van der Waals surface area contributed by atoms with E-state index >= 15 is 0 Å². The summed E-state index contributed by atoms with van der Waals surface area (Å²) >= 11 is 0. The lowest BCUT2D eigenvalue weighted by molar-refractivity contribution is -0.142. The molecule has 1 aliphatic heterocycles. The summed E-state index contributed by atoms with van der Waals surface area (Å²) in [5.74, 6) is 0.772. The maximum absolute atomic E-state index is 11.9. The van der Waals surface area contributed by atoms with E-state index in [-0.39, 0.29) is 5.97 Å². The predicted octanol–water partition coefficient (Wildman–Crippen LogP) is 1.22. The standard InChI is InChI=1S/C13H15NO4/c1-17-10-4-6-11(7-5-10)18-13(16)12-3-2-8-14(12)9-15/h4-7,9,12H,2-3,8H2,1H3/t12-/m0/s1. The maximum atomic E-state index is 11.9. The molecule has 0 radical (unpaired) electrons. The third-order valence-electron chi connectivity index (χ3n) is 2.98. The van der Waals surface area contributed by atoms with Gasteiger partial charge in [-0.15, -0.1) is 0 Å². The zero-order valence-electron chi connectivity index (χ0n) is 10.2. The van der Waals surface area contributed by atoms with E-state index < -0.39 is 6.04 Å². The summed E-state index contributed by atoms with van der Waals surface area (Å²) < 4.78 is 10.2. The topological polar surface area (TPSA) is 55.8 Å². The van der Waals surface area contributed by atoms with E-state index in [2.05, 4.69) is 0 Å². The van der Waals surface area contributed by atoms with Crippen LogP contribution in [0.5, 0.6) is 11.5 Å². The smallest absolute Gasteiger partial charge is 0.334 e. The second-order valence-corrected chi connectivity index (χ2v) is 4.10. The van der Waals surface area contributed by atoms with Crippen molar-refractivity contribution in [3.05, 3.63) is 24.3 Å². The highest BCUT2D eigenvalue weighted by Gasteiger charge is 2.31. The lowest BCUT2D eigenvalue weighted by Crippen LogP contribution is -2.37. The van der Waals surface area contributed by atoms with E-state index in [1.54, 1.807) is 31.4 Å². The molecule has 5 heteroatoms. The van der Waals surface area contributed by atoms with Crippen LogP contribution in [0.3, 0.4) is 0 Å². The number of rotatable bonds is 4. The first-order valence-electron chi connectivity index (χ1n) is 5.81. The van der Waals surface area contributed by atoms with Gasteiger partial charge in [-0.3, -0.25) is 4.79 Å². The Balaban J connectivity index is 1.99. The Labute approximate surface area is 105 Å². The Morgan fingerprint density at radius 2 is 2.00 bits per heavy atom. The van der Waals surface area contributed by atoms with Gasteiger partial charge in [0.25, 0.3) is 0 Å². The molecule has 0 unspecified atom stereocenters. The first-order chi connectivity index (χ1) is 8.74. The molecule has 0 bridgehead atoms. The molecular formula is C13H15NO4. The zero-order valence-corrected chi connectivity index (χ0v) is 10.2. The number of hydrogen-bond donors (Lipinski definition) is 0. The minimum absolute atomic E-state index is 0.384. The van der Waals surface area contributed by atoms with Gasteiger partial charge in [-0.1, -0.05) is 0 Å². The number of nitrogens with zero attached hydrogens (tertiary/aromatic N) is 1. The van der Waals surface area contributed by atoms with Gasteiger partial charge in [-0.25, -0.2) is 4.79 Å². The van der Waals surface area contributed by atoms with Crippen LogP contribution >= 0.6 is 0 Å². The van der Waals surface area contributed by atoms with Crippen LogP contribution < -0.4 is 9.47 Å². The van der Waals surface area contributed by atoms with Crippen LogP contribution in [0.1, 0.15) is 12.8 Å². The van der Waals surface area contributed by atoms with Crippen molar-refractivity contribution < 1.29 is 19.1 Å². The van der Waals surface area contributed by atoms with Gasteiger partial charge >= 0.3 is 5.97 Å². The predicted molar refractivity (Wildman–Crippen MR) is 64.4 cm³/mol. The van der Waals surface area contributed by atoms with Crippen molar-refractivity contribution >= 4 is 12.4 Å². The highest BCUT2D eigenvalue weighted by atomic mass is 16.5. The highest BCUT2D eigenvalue weighted by Crippen LogP contribution is 2.21. The van der Waals surface area contributed by atoms with Crippen molar-refractivity contribution in [1.82, 2.24) is 4.90 Å². The molecular weight excluding hydrogens is 234 g/mol. The van der Waals surface area contributed by atoms with Gasteiger partial charge in [-0.2, -0.15) is 0 Å². The first-order valence-corrected chi connectivity index (χ1v) is 5.81. The Morgan fingerprint density at radius 3 is 2.61 bits per heavy atom. The molecule has 1 aromatic carbocycles. The molecule has 1 saturated heterocycles. The van der Waals surface area contributed by atoms with Crippen molar-refractivity contribution in [3.63, 3.8) is 0 Å². The lowest BCUT2D eigenvalue weighted by atomic mass is 10.2. The van der Waals surface area contributed by atoms with E-state index in [0.717, 1.165) is 6.42 Å². The molecule has 1 aliphatic rings. The van der Waals surface area contributed by atoms with Gasteiger partial charge in [0.15, 0.2) is 0 Å². The number of amides is 1. The summed E-state index contributed by atoms with van der Waals surface area (Å²) in [6.07, 6.45) is 2.20. The van der Waals surface area contributed by atoms with Gasteiger partial charge in [0.05, 0.1) is 7.11 Å². The monoisotopic (exact) mass is 249 g/mol. The number of carbonyl (C=O) groups excluding carboxylic acids is 2. The number of methoxy groups -OCH3 is 1. The number of esters is 1. The number of hydrogen-bond acceptors (Lipinski definition) is 4. The van der Waals surface area contributed by atoms with E-state index in [9.17, 15) is 9.59 Å². The van der Waals surface area contributed by atoms with E-state index in [1.165, 1.54) is 4.90 Å². The SMILES string of the molecule is COc1ccc(OC(=O)[C@@H]2CCCN2C=O)cc1. The maximum Gasteiger partial charge on any atom is 0.334 e. The summed E-state index contributed by atoms with van der Waals surface area (Å²) in [6, 6.07) is 6.31. The quantitative estimate of drug-likeness (QED) is 0.457. The highest BCUT2D eigenvalue weighted by molar-refractivity contribution is 5.80. The van der Waals surface area contributed by atoms with Crippen LogP contribution in [-0.4, -0.2) is 37.0 Å². The second-order valence-electron chi connectivity index (χ2n) is 4.10. The number of likely N-dealkylation sites (tertiary alicyclic amines) is 1. The first kappa shape index (κ1) is 12.4. The molecule has 96 valence electrons. The summed E-state index contributed by atoms with van der Waals surface area (Å²) in [6.45, 7) is 0.617. The molecule has 1 aromatic rings. The number of carbonyl (C=O) groups is 2. The summed E-state index contributed by atoms with van der Waals surface area (Å²) in [4.78, 5) is 24.1. The summed E-state index contributed by atoms with van der Waals surface area (Å²) in [5.41, 5.74) is 0. The Hall–Kier alpha value is -2.04. The Bertz CT molecular complexity index is 429. The fraction of sp³-hybridized carbons (Fsp3) is 0.385. The van der Waals surface area contributed by atoms with Crippen LogP contribution in [0.2, 0.25) is 0 Å². The van der Waals surface area contributed by atoms with E-state index in [1.807, 2.05) is 0 Å². The van der Waals surface area contributed by atoms with Gasteiger partial charge in [0.2, 0.25) is 6.41 Å². The van der Waals surface area contributed by atoms with Gasteiger partial charge in [-0.05, 0) is 37.1 Å². The van der Waals surface area contributed by atoms with Crippen molar-refractivity contribution in [2.24, 2.45) is 0 Å². The van der Waals surface area contributed by atoms with Crippen LogP contribution in [0, 0.1) is 0 Å². The van der Waals surface area contributed by atoms with Gasteiger partial charge in [0, 0.05) is 6.54 Å². The molecule has 0 aliphatic carbocycles. The molecule has 18 heavy (non-hydrogen) atoms. The van der Waals surface area contributed by atoms with E-state index in [0.29, 0.717) is 30.9 Å². The van der Waals surface area contributed by atoms with Crippen molar-refractivity contribution in [2.75, 3.05) is 13.7 Å². The average molecular weight is 249 g/mol. The molecule has 1 amide bonds. The molecule has 0 N–H and O–H groups in total. The van der Waals surface area contributed by atoms with Crippen LogP contribution in [-0.2, 0) is 9.59 Å². The second kappa shape index (κ2) is 5.53. The van der Waals surface area contributed by atoms with Crippen molar-refractivity contribution in [1.29, 1.82) is 0 Å². The molecule has 1 heterocycles. The molecule has 1 atom stereocenters. The molecule has 0 saturated carbocycles. The summed E-state index contributed by atoms with van der Waals surface area (Å²) in [5, 5.41) is 0. The zero-order chi connectivity index (χ0) is 13.0. The van der Waals surface area contributed by atoms with Crippen LogP contribution in [0.15, 0.2) is 24.3 Å². The largest absolute Gasteiger partial charge is 0.497 e. The summed E-state index contributed by atoms with van der Waals surface area (Å²) in [7, 11) is 1.57. The molecule has 2 rings (SSSR count). The third-order valence-corrected chi connectivity index (χ3v) is 2.98. The van der Waals surface area contributed by atoms with Crippen molar-refractivity contribution in [2.45, 2.75) is 18.9 Å². The fourth-order valence-corrected chi connectivity index (χ4v) is 2.00. The average Bonchev–Trinajstić information content (AvgIpc) is 2.88. The van der Waals surface area contributed by atoms with Gasteiger partial charge < -0.3 is 14.4 Å². The molecule has 5 nitrogen and oxygen atoms in total. The van der Waals surface area contributed by atoms with Gasteiger partial charge in [0.1, 0.15) is 17.5 Å². The Kier molecular flexibility index (Phi) is 3.82. The fourth-order valence-electron chi connectivity index (χ4n) is 2.00. The minimum atomic E-state index is -0.454. The minimum Gasteiger partial charge on any atom is -0.497 e. The molecule has 1 fully saturated rings. The molecule has 0 spiro atoms.